The summed E-state index contributed by atoms with van der Waals surface area (Å²) in [6, 6.07) is 9.29. The smallest absolute Gasteiger partial charge is 0.295 e. The molecule has 2 aromatic carbocycles. The highest BCUT2D eigenvalue weighted by Crippen LogP contribution is 2.36. The summed E-state index contributed by atoms with van der Waals surface area (Å²) in [5.74, 6) is -1.04. The maximum atomic E-state index is 13.9. The van der Waals surface area contributed by atoms with Gasteiger partial charge >= 0.3 is 0 Å². The van der Waals surface area contributed by atoms with E-state index in [9.17, 15) is 8.78 Å². The molecule has 0 aliphatic carbocycles. The maximum absolute atomic E-state index is 13.9. The molecule has 1 aliphatic heterocycles. The van der Waals surface area contributed by atoms with Crippen LogP contribution in [0.25, 0.3) is 10.9 Å². The highest BCUT2D eigenvalue weighted by atomic mass is 19.3. The van der Waals surface area contributed by atoms with Gasteiger partial charge in [0.2, 0.25) is 0 Å². The molecule has 9 heteroatoms. The number of aromatic nitrogens is 2. The first-order valence-corrected chi connectivity index (χ1v) is 10.4. The Bertz CT molecular complexity index is 1110. The Morgan fingerprint density at radius 3 is 2.50 bits per heavy atom. The largest absolute Gasteiger partial charge is 0.487 e. The highest BCUT2D eigenvalue weighted by molar-refractivity contribution is 5.92. The van der Waals surface area contributed by atoms with Crippen molar-refractivity contribution in [1.29, 1.82) is 0 Å². The summed E-state index contributed by atoms with van der Waals surface area (Å²) in [5, 5.41) is 13.0. The van der Waals surface area contributed by atoms with Crippen molar-refractivity contribution in [1.82, 2.24) is 9.97 Å². The van der Waals surface area contributed by atoms with Crippen molar-refractivity contribution < 1.29 is 28.1 Å². The van der Waals surface area contributed by atoms with E-state index in [1.807, 2.05) is 19.1 Å². The number of benzene rings is 2. The summed E-state index contributed by atoms with van der Waals surface area (Å²) < 4.78 is 44.9. The van der Waals surface area contributed by atoms with Crippen LogP contribution in [-0.4, -0.2) is 48.1 Å². The molecule has 170 valence electrons. The predicted molar refractivity (Wildman–Crippen MR) is 116 cm³/mol. The molecule has 0 radical (unpaired) electrons. The van der Waals surface area contributed by atoms with Gasteiger partial charge in [-0.2, -0.15) is 8.78 Å². The molecule has 1 aliphatic rings. The molecule has 0 bridgehead atoms. The second kappa shape index (κ2) is 9.22. The molecule has 7 nitrogen and oxygen atoms in total. The van der Waals surface area contributed by atoms with Gasteiger partial charge in [-0.05, 0) is 31.5 Å². The number of aliphatic hydroxyl groups is 1. The summed E-state index contributed by atoms with van der Waals surface area (Å²) in [6.07, 6.45) is 0. The van der Waals surface area contributed by atoms with Gasteiger partial charge in [0.1, 0.15) is 31.5 Å². The number of nitrogens with one attached hydrogen (secondary N) is 1. The first-order chi connectivity index (χ1) is 15.4. The van der Waals surface area contributed by atoms with Crippen molar-refractivity contribution in [3.63, 3.8) is 0 Å². The Balaban J connectivity index is 1.69. The van der Waals surface area contributed by atoms with Gasteiger partial charge in [0.05, 0.1) is 18.7 Å². The first-order valence-electron chi connectivity index (χ1n) is 10.4. The van der Waals surface area contributed by atoms with E-state index in [2.05, 4.69) is 15.3 Å². The van der Waals surface area contributed by atoms with E-state index in [1.54, 1.807) is 19.1 Å². The van der Waals surface area contributed by atoms with Gasteiger partial charge in [-0.15, -0.1) is 0 Å². The third-order valence-electron chi connectivity index (χ3n) is 5.20. The van der Waals surface area contributed by atoms with E-state index in [4.69, 9.17) is 19.3 Å². The van der Waals surface area contributed by atoms with Crippen molar-refractivity contribution in [2.75, 3.05) is 38.4 Å². The number of ether oxygens (including phenoxy) is 3. The van der Waals surface area contributed by atoms with Gasteiger partial charge in [0.15, 0.2) is 11.5 Å². The molecule has 3 aromatic rings. The van der Waals surface area contributed by atoms with Crippen LogP contribution in [-0.2, 0) is 10.7 Å². The number of halogens is 2. The molecule has 0 saturated carbocycles. The third-order valence-corrected chi connectivity index (χ3v) is 5.20. The molecular formula is C23H25F2N3O4. The zero-order valence-corrected chi connectivity index (χ0v) is 17.9. The Labute approximate surface area is 184 Å². The average molecular weight is 445 g/mol. The summed E-state index contributed by atoms with van der Waals surface area (Å²) in [4.78, 5) is 9.05. The molecule has 0 spiro atoms. The van der Waals surface area contributed by atoms with Crippen LogP contribution in [0.15, 0.2) is 36.4 Å². The van der Waals surface area contributed by atoms with Crippen LogP contribution in [0.4, 0.5) is 14.6 Å². The zero-order chi connectivity index (χ0) is 22.7. The topological polar surface area (TPSA) is 85.7 Å². The lowest BCUT2D eigenvalue weighted by Crippen LogP contribution is -2.19. The van der Waals surface area contributed by atoms with Crippen molar-refractivity contribution in [3.8, 4) is 11.5 Å². The normalized spacial score (nSPS) is 15.5. The zero-order valence-electron chi connectivity index (χ0n) is 17.9. The molecule has 2 heterocycles. The number of hydrogen-bond acceptors (Lipinski definition) is 7. The van der Waals surface area contributed by atoms with Crippen LogP contribution in [0.3, 0.4) is 0 Å². The van der Waals surface area contributed by atoms with Gasteiger partial charge < -0.3 is 24.6 Å². The van der Waals surface area contributed by atoms with Gasteiger partial charge in [-0.3, -0.25) is 0 Å². The van der Waals surface area contributed by atoms with Gasteiger partial charge in [-0.1, -0.05) is 18.2 Å². The average Bonchev–Trinajstić information content (AvgIpc) is 2.89. The quantitative estimate of drug-likeness (QED) is 0.614. The fourth-order valence-corrected chi connectivity index (χ4v) is 3.53. The van der Waals surface area contributed by atoms with Gasteiger partial charge in [0.25, 0.3) is 5.92 Å². The standard InChI is InChI=1S/C23H25F2N3O4/c1-14(16-4-3-5-17(10-16)23(24,25)13-29)26-22-18-11-20-21(12-19(18)27-15(2)28-22)32-9-7-30-6-8-31-20/h3-5,10-12,14,29H,6-9,13H2,1-2H3,(H,26,27,28)/t14-/m1/s1. The van der Waals surface area contributed by atoms with E-state index >= 15 is 0 Å². The van der Waals surface area contributed by atoms with Crippen LogP contribution in [0.1, 0.15) is 29.9 Å². The van der Waals surface area contributed by atoms with Crippen LogP contribution >= 0.6 is 0 Å². The van der Waals surface area contributed by atoms with Gasteiger partial charge in [0, 0.05) is 23.1 Å². The SMILES string of the molecule is Cc1nc(N[C@H](C)c2cccc(C(F)(F)CO)c2)c2cc3c(cc2n1)OCCOCCO3. The Hall–Kier alpha value is -3.04. The second-order valence-electron chi connectivity index (χ2n) is 7.60. The number of rotatable bonds is 5. The summed E-state index contributed by atoms with van der Waals surface area (Å²) >= 11 is 0. The monoisotopic (exact) mass is 445 g/mol. The molecular weight excluding hydrogens is 420 g/mol. The maximum Gasteiger partial charge on any atom is 0.295 e. The lowest BCUT2D eigenvalue weighted by Gasteiger charge is -2.20. The van der Waals surface area contributed by atoms with Crippen molar-refractivity contribution in [3.05, 3.63) is 53.3 Å². The number of hydrogen-bond donors (Lipinski definition) is 2. The Morgan fingerprint density at radius 2 is 1.78 bits per heavy atom. The summed E-state index contributed by atoms with van der Waals surface area (Å²) in [7, 11) is 0. The van der Waals surface area contributed by atoms with Crippen molar-refractivity contribution in [2.45, 2.75) is 25.8 Å². The fourth-order valence-electron chi connectivity index (χ4n) is 3.53. The van der Waals surface area contributed by atoms with E-state index in [-0.39, 0.29) is 11.6 Å². The molecule has 0 amide bonds. The number of nitrogens with zero attached hydrogens (tertiary/aromatic N) is 2. The third kappa shape index (κ3) is 4.73. The minimum Gasteiger partial charge on any atom is -0.487 e. The molecule has 1 atom stereocenters. The van der Waals surface area contributed by atoms with E-state index in [1.165, 1.54) is 12.1 Å². The highest BCUT2D eigenvalue weighted by Gasteiger charge is 2.30. The summed E-state index contributed by atoms with van der Waals surface area (Å²) in [6.45, 7) is 4.12. The van der Waals surface area contributed by atoms with Crippen molar-refractivity contribution in [2.24, 2.45) is 0 Å². The lowest BCUT2D eigenvalue weighted by molar-refractivity contribution is -0.0556. The molecule has 0 unspecified atom stereocenters. The molecule has 4 rings (SSSR count). The molecule has 1 aromatic heterocycles. The second-order valence-corrected chi connectivity index (χ2v) is 7.60. The van der Waals surface area contributed by atoms with Crippen LogP contribution in [0.5, 0.6) is 11.5 Å². The van der Waals surface area contributed by atoms with Crippen molar-refractivity contribution >= 4 is 16.7 Å². The van der Waals surface area contributed by atoms with Crippen LogP contribution < -0.4 is 14.8 Å². The van der Waals surface area contributed by atoms with E-state index in [0.29, 0.717) is 60.6 Å². The number of aliphatic hydroxyl groups excluding tert-OH is 1. The fraction of sp³-hybridized carbons (Fsp3) is 0.391. The Kier molecular flexibility index (Phi) is 6.38. The first kappa shape index (κ1) is 22.2. The molecule has 0 fully saturated rings. The lowest BCUT2D eigenvalue weighted by atomic mass is 10.0. The number of alkyl halides is 2. The minimum absolute atomic E-state index is 0.236. The number of aryl methyl sites for hydroxylation is 1. The number of anilines is 1. The minimum atomic E-state index is -3.30. The van der Waals surface area contributed by atoms with Crippen LogP contribution in [0.2, 0.25) is 0 Å². The van der Waals surface area contributed by atoms with Crippen LogP contribution in [0, 0.1) is 6.92 Å². The Morgan fingerprint density at radius 1 is 1.06 bits per heavy atom. The number of fused-ring (bicyclic) bond motifs is 2. The van der Waals surface area contributed by atoms with Gasteiger partial charge in [-0.25, -0.2) is 9.97 Å². The summed E-state index contributed by atoms with van der Waals surface area (Å²) in [5.41, 5.74) is 1.08. The van der Waals surface area contributed by atoms with E-state index in [0.717, 1.165) is 5.39 Å². The predicted octanol–water partition coefficient (Wildman–Crippen LogP) is 3.98. The molecule has 0 saturated heterocycles. The molecule has 32 heavy (non-hydrogen) atoms. The molecule has 2 N–H and O–H groups in total. The van der Waals surface area contributed by atoms with E-state index < -0.39 is 12.5 Å².